The van der Waals surface area contributed by atoms with Gasteiger partial charge in [-0.15, -0.1) is 0 Å². The van der Waals surface area contributed by atoms with Gasteiger partial charge in [-0.2, -0.15) is 0 Å². The van der Waals surface area contributed by atoms with Gasteiger partial charge in [0.15, 0.2) is 0 Å². The van der Waals surface area contributed by atoms with Crippen LogP contribution in [-0.4, -0.2) is 11.5 Å². The molecule has 0 spiro atoms. The molecule has 1 heterocycles. The van der Waals surface area contributed by atoms with Gasteiger partial charge in [0.05, 0.1) is 0 Å². The van der Waals surface area contributed by atoms with Crippen molar-refractivity contribution in [3.05, 3.63) is 30.1 Å². The van der Waals surface area contributed by atoms with E-state index in [-0.39, 0.29) is 0 Å². The zero-order valence-corrected chi connectivity index (χ0v) is 7.75. The zero-order valence-electron chi connectivity index (χ0n) is 7.75. The number of pyridine rings is 1. The third-order valence-corrected chi connectivity index (χ3v) is 1.88. The van der Waals surface area contributed by atoms with Gasteiger partial charge in [-0.25, -0.2) is 0 Å². The summed E-state index contributed by atoms with van der Waals surface area (Å²) in [6, 6.07) is 4.48. The van der Waals surface area contributed by atoms with Crippen molar-refractivity contribution in [3.8, 4) is 0 Å². The third-order valence-electron chi connectivity index (χ3n) is 1.88. The van der Waals surface area contributed by atoms with E-state index in [1.807, 2.05) is 12.3 Å². The molecule has 0 bridgehead atoms. The summed E-state index contributed by atoms with van der Waals surface area (Å²) >= 11 is 0. The second-order valence-corrected chi connectivity index (χ2v) is 2.96. The average molecular weight is 164 g/mol. The number of hydrogen-bond donors (Lipinski definition) is 1. The van der Waals surface area contributed by atoms with Crippen molar-refractivity contribution in [1.29, 1.82) is 0 Å². The number of nitrogens with zero attached hydrogens (tertiary/aromatic N) is 1. The molecule has 0 radical (unpaired) electrons. The lowest BCUT2D eigenvalue weighted by molar-refractivity contribution is 0.569. The topological polar surface area (TPSA) is 24.9 Å². The molecule has 0 aliphatic rings. The number of nitrogens with one attached hydrogen (secondary N) is 1. The van der Waals surface area contributed by atoms with E-state index in [9.17, 15) is 0 Å². The van der Waals surface area contributed by atoms with Crippen molar-refractivity contribution in [1.82, 2.24) is 10.3 Å². The summed E-state index contributed by atoms with van der Waals surface area (Å²) in [5, 5.41) is 3.41. The van der Waals surface area contributed by atoms with Crippen molar-refractivity contribution in [2.45, 2.75) is 26.3 Å². The maximum absolute atomic E-state index is 4.07. The Kier molecular flexibility index (Phi) is 3.74. The summed E-state index contributed by atoms with van der Waals surface area (Å²) in [6.45, 7) is 5.39. The van der Waals surface area contributed by atoms with Crippen molar-refractivity contribution >= 4 is 0 Å². The highest BCUT2D eigenvalue weighted by Gasteiger charge is 2.01. The second-order valence-electron chi connectivity index (χ2n) is 2.96. The van der Waals surface area contributed by atoms with Crippen LogP contribution in [0.1, 0.15) is 31.9 Å². The van der Waals surface area contributed by atoms with Crippen LogP contribution in [0.4, 0.5) is 0 Å². The van der Waals surface area contributed by atoms with E-state index in [0.29, 0.717) is 6.04 Å². The first-order valence-electron chi connectivity index (χ1n) is 4.48. The van der Waals surface area contributed by atoms with Crippen molar-refractivity contribution in [3.63, 3.8) is 0 Å². The maximum atomic E-state index is 4.07. The summed E-state index contributed by atoms with van der Waals surface area (Å²) in [5.74, 6) is 0. The molecule has 12 heavy (non-hydrogen) atoms. The van der Waals surface area contributed by atoms with E-state index in [2.05, 4.69) is 30.2 Å². The van der Waals surface area contributed by atoms with E-state index in [4.69, 9.17) is 0 Å². The van der Waals surface area contributed by atoms with E-state index in [1.165, 1.54) is 12.0 Å². The quantitative estimate of drug-likeness (QED) is 0.737. The van der Waals surface area contributed by atoms with E-state index in [0.717, 1.165) is 6.54 Å². The first kappa shape index (κ1) is 9.20. The van der Waals surface area contributed by atoms with Gasteiger partial charge >= 0.3 is 0 Å². The SMILES string of the molecule is CCCN[C@@H](C)c1cccnc1. The Labute approximate surface area is 74.0 Å². The Hall–Kier alpha value is -0.890. The van der Waals surface area contributed by atoms with Gasteiger partial charge in [-0.3, -0.25) is 4.98 Å². The first-order chi connectivity index (χ1) is 5.84. The van der Waals surface area contributed by atoms with Crippen molar-refractivity contribution < 1.29 is 0 Å². The molecular weight excluding hydrogens is 148 g/mol. The molecule has 1 aromatic heterocycles. The summed E-state index contributed by atoms with van der Waals surface area (Å²) < 4.78 is 0. The molecule has 0 aliphatic heterocycles. The smallest absolute Gasteiger partial charge is 0.0315 e. The second kappa shape index (κ2) is 4.88. The summed E-state index contributed by atoms with van der Waals surface area (Å²) in [4.78, 5) is 4.07. The molecule has 0 fully saturated rings. The first-order valence-corrected chi connectivity index (χ1v) is 4.48. The van der Waals surface area contributed by atoms with Crippen LogP contribution in [0.2, 0.25) is 0 Å². The van der Waals surface area contributed by atoms with Gasteiger partial charge in [0, 0.05) is 18.4 Å². The lowest BCUT2D eigenvalue weighted by atomic mass is 10.1. The Morgan fingerprint density at radius 2 is 2.42 bits per heavy atom. The van der Waals surface area contributed by atoms with Gasteiger partial charge in [-0.1, -0.05) is 13.0 Å². The molecule has 1 atom stereocenters. The highest BCUT2D eigenvalue weighted by Crippen LogP contribution is 2.08. The number of rotatable bonds is 4. The van der Waals surface area contributed by atoms with Crippen LogP contribution in [-0.2, 0) is 0 Å². The molecule has 0 aromatic carbocycles. The van der Waals surface area contributed by atoms with Crippen LogP contribution in [0.25, 0.3) is 0 Å². The van der Waals surface area contributed by atoms with Crippen LogP contribution >= 0.6 is 0 Å². The van der Waals surface area contributed by atoms with Crippen molar-refractivity contribution in [2.75, 3.05) is 6.54 Å². The minimum absolute atomic E-state index is 0.415. The molecule has 0 amide bonds. The maximum Gasteiger partial charge on any atom is 0.0315 e. The highest BCUT2D eigenvalue weighted by atomic mass is 14.9. The fourth-order valence-corrected chi connectivity index (χ4v) is 1.11. The van der Waals surface area contributed by atoms with Gasteiger partial charge in [0.2, 0.25) is 0 Å². The predicted molar refractivity (Wildman–Crippen MR) is 50.9 cm³/mol. The fourth-order valence-electron chi connectivity index (χ4n) is 1.11. The van der Waals surface area contributed by atoms with Crippen LogP contribution in [0.15, 0.2) is 24.5 Å². The molecule has 66 valence electrons. The monoisotopic (exact) mass is 164 g/mol. The van der Waals surface area contributed by atoms with E-state index < -0.39 is 0 Å². The van der Waals surface area contributed by atoms with Gasteiger partial charge < -0.3 is 5.32 Å². The van der Waals surface area contributed by atoms with Crippen LogP contribution < -0.4 is 5.32 Å². The average Bonchev–Trinajstić information content (AvgIpc) is 2.15. The van der Waals surface area contributed by atoms with Crippen LogP contribution in [0.5, 0.6) is 0 Å². The normalized spacial score (nSPS) is 12.8. The third kappa shape index (κ3) is 2.62. The van der Waals surface area contributed by atoms with Gasteiger partial charge in [-0.05, 0) is 31.5 Å². The minimum atomic E-state index is 0.415. The Morgan fingerprint density at radius 3 is 3.00 bits per heavy atom. The van der Waals surface area contributed by atoms with Crippen LogP contribution in [0, 0.1) is 0 Å². The predicted octanol–water partition coefficient (Wildman–Crippen LogP) is 2.14. The molecule has 0 aliphatic carbocycles. The largest absolute Gasteiger partial charge is 0.310 e. The molecule has 2 nitrogen and oxygen atoms in total. The lowest BCUT2D eigenvalue weighted by Gasteiger charge is -2.12. The Bertz CT molecular complexity index is 208. The van der Waals surface area contributed by atoms with E-state index >= 15 is 0 Å². The van der Waals surface area contributed by atoms with E-state index in [1.54, 1.807) is 6.20 Å². The zero-order chi connectivity index (χ0) is 8.81. The molecular formula is C10H16N2. The Balaban J connectivity index is 2.48. The molecule has 1 N–H and O–H groups in total. The molecule has 0 saturated heterocycles. The fraction of sp³-hybridized carbons (Fsp3) is 0.500. The van der Waals surface area contributed by atoms with Gasteiger partial charge in [0.25, 0.3) is 0 Å². The molecule has 0 unspecified atom stereocenters. The molecule has 1 rings (SSSR count). The Morgan fingerprint density at radius 1 is 1.58 bits per heavy atom. The summed E-state index contributed by atoms with van der Waals surface area (Å²) in [6.07, 6.45) is 4.88. The number of aromatic nitrogens is 1. The van der Waals surface area contributed by atoms with Gasteiger partial charge in [0.1, 0.15) is 0 Å². The summed E-state index contributed by atoms with van der Waals surface area (Å²) in [7, 11) is 0. The lowest BCUT2D eigenvalue weighted by Crippen LogP contribution is -2.19. The minimum Gasteiger partial charge on any atom is -0.310 e. The van der Waals surface area contributed by atoms with Crippen molar-refractivity contribution in [2.24, 2.45) is 0 Å². The van der Waals surface area contributed by atoms with Crippen LogP contribution in [0.3, 0.4) is 0 Å². The number of hydrogen-bond acceptors (Lipinski definition) is 2. The molecule has 1 aromatic rings. The molecule has 2 heteroatoms. The highest BCUT2D eigenvalue weighted by molar-refractivity contribution is 5.12. The molecule has 0 saturated carbocycles. The summed E-state index contributed by atoms with van der Waals surface area (Å²) in [5.41, 5.74) is 1.26. The standard InChI is InChI=1S/C10H16N2/c1-3-6-12-9(2)10-5-4-7-11-8-10/h4-5,7-9,12H,3,6H2,1-2H3/t9-/m0/s1.